The van der Waals surface area contributed by atoms with Crippen LogP contribution >= 0.6 is 11.8 Å². The predicted molar refractivity (Wildman–Crippen MR) is 68.8 cm³/mol. The molecular formula is C11H12N2O4S. The van der Waals surface area contributed by atoms with Crippen molar-refractivity contribution in [1.29, 1.82) is 0 Å². The first kappa shape index (κ1) is 14.2. The molecule has 1 aromatic rings. The summed E-state index contributed by atoms with van der Waals surface area (Å²) in [5.41, 5.74) is 0.142. The summed E-state index contributed by atoms with van der Waals surface area (Å²) in [6.07, 6.45) is 6.06. The molecule has 0 unspecified atom stereocenters. The van der Waals surface area contributed by atoms with Gasteiger partial charge in [0.05, 0.1) is 11.0 Å². The zero-order valence-electron chi connectivity index (χ0n) is 9.74. The minimum absolute atomic E-state index is 0.0338. The third-order valence-corrected chi connectivity index (χ3v) is 2.87. The van der Waals surface area contributed by atoms with Gasteiger partial charge < -0.3 is 5.21 Å². The van der Waals surface area contributed by atoms with Crippen LogP contribution in [0.2, 0.25) is 0 Å². The number of thioether (sulfide) groups is 1. The van der Waals surface area contributed by atoms with E-state index in [1.54, 1.807) is 6.08 Å². The van der Waals surface area contributed by atoms with E-state index in [9.17, 15) is 20.1 Å². The largest absolute Gasteiger partial charge is 0.619 e. The van der Waals surface area contributed by atoms with Crippen LogP contribution in [0.1, 0.15) is 18.9 Å². The monoisotopic (exact) mass is 268 g/mol. The molecule has 0 saturated carbocycles. The van der Waals surface area contributed by atoms with E-state index in [-0.39, 0.29) is 16.4 Å². The highest BCUT2D eigenvalue weighted by atomic mass is 32.2. The van der Waals surface area contributed by atoms with Crippen molar-refractivity contribution < 1.29 is 14.4 Å². The van der Waals surface area contributed by atoms with Gasteiger partial charge in [0.2, 0.25) is 0 Å². The highest BCUT2D eigenvalue weighted by molar-refractivity contribution is 8.13. The van der Waals surface area contributed by atoms with Crippen molar-refractivity contribution in [3.05, 3.63) is 45.4 Å². The van der Waals surface area contributed by atoms with E-state index in [2.05, 4.69) is 0 Å². The minimum Gasteiger partial charge on any atom is -0.619 e. The molecule has 0 fully saturated rings. The molecule has 18 heavy (non-hydrogen) atoms. The van der Waals surface area contributed by atoms with Gasteiger partial charge in [-0.2, -0.15) is 4.73 Å². The van der Waals surface area contributed by atoms with Crippen molar-refractivity contribution in [2.45, 2.75) is 13.3 Å². The second-order valence-electron chi connectivity index (χ2n) is 3.43. The summed E-state index contributed by atoms with van der Waals surface area (Å²) in [6.45, 7) is 1.48. The van der Waals surface area contributed by atoms with Gasteiger partial charge in [-0.15, -0.1) is 0 Å². The van der Waals surface area contributed by atoms with Gasteiger partial charge in [0.1, 0.15) is 5.56 Å². The van der Waals surface area contributed by atoms with Gasteiger partial charge in [-0.3, -0.25) is 14.9 Å². The lowest BCUT2D eigenvalue weighted by Gasteiger charge is -1.98. The smallest absolute Gasteiger partial charge is 0.288 e. The van der Waals surface area contributed by atoms with E-state index >= 15 is 0 Å². The fourth-order valence-corrected chi connectivity index (χ4v) is 1.80. The first-order valence-electron chi connectivity index (χ1n) is 5.18. The summed E-state index contributed by atoms with van der Waals surface area (Å²) in [4.78, 5) is 20.9. The molecule has 0 aliphatic carbocycles. The van der Waals surface area contributed by atoms with Crippen LogP contribution in [0.25, 0.3) is 6.08 Å². The molecule has 96 valence electrons. The zero-order chi connectivity index (χ0) is 13.5. The van der Waals surface area contributed by atoms with Crippen molar-refractivity contribution in [1.82, 2.24) is 0 Å². The summed E-state index contributed by atoms with van der Waals surface area (Å²) >= 11 is 1.19. The Morgan fingerprint density at radius 3 is 2.94 bits per heavy atom. The number of rotatable bonds is 5. The Hall–Kier alpha value is -1.89. The third-order valence-electron chi connectivity index (χ3n) is 2.03. The predicted octanol–water partition coefficient (Wildman–Crippen LogP) is 1.91. The number of nitrogens with zero attached hydrogens (tertiary/aromatic N) is 2. The normalized spacial score (nSPS) is 10.7. The maximum Gasteiger partial charge on any atom is 0.288 e. The van der Waals surface area contributed by atoms with Crippen molar-refractivity contribution in [3.8, 4) is 0 Å². The van der Waals surface area contributed by atoms with E-state index in [1.807, 2.05) is 0 Å². The SMILES string of the molecule is CC(=O)SCCC=Cc1c[n+]([O-])ccc1[N+](=O)[O-]. The van der Waals surface area contributed by atoms with Crippen LogP contribution in [0.5, 0.6) is 0 Å². The number of aromatic nitrogens is 1. The quantitative estimate of drug-likeness (QED) is 0.267. The van der Waals surface area contributed by atoms with Crippen LogP contribution in [0.4, 0.5) is 5.69 Å². The molecule has 0 N–H and O–H groups in total. The summed E-state index contributed by atoms with van der Waals surface area (Å²) in [7, 11) is 0. The first-order valence-corrected chi connectivity index (χ1v) is 6.16. The van der Waals surface area contributed by atoms with E-state index in [4.69, 9.17) is 0 Å². The minimum atomic E-state index is -0.538. The summed E-state index contributed by atoms with van der Waals surface area (Å²) < 4.78 is 0.511. The standard InChI is InChI=1S/C11H12N2O4S/c1-9(14)18-7-3-2-4-10-8-12(15)6-5-11(10)13(16)17/h2,4-6,8H,3,7H2,1H3. The molecule has 1 heterocycles. The van der Waals surface area contributed by atoms with Crippen LogP contribution in [-0.4, -0.2) is 15.8 Å². The fourth-order valence-electron chi connectivity index (χ4n) is 1.26. The molecule has 0 saturated heterocycles. The van der Waals surface area contributed by atoms with Gasteiger partial charge >= 0.3 is 0 Å². The van der Waals surface area contributed by atoms with E-state index < -0.39 is 4.92 Å². The lowest BCUT2D eigenvalue weighted by atomic mass is 10.2. The average molecular weight is 268 g/mol. The van der Waals surface area contributed by atoms with Crippen LogP contribution in [0.3, 0.4) is 0 Å². The second kappa shape index (κ2) is 6.75. The first-order chi connectivity index (χ1) is 8.50. The molecule has 0 radical (unpaired) electrons. The van der Waals surface area contributed by atoms with E-state index in [0.717, 1.165) is 18.5 Å². The van der Waals surface area contributed by atoms with Gasteiger partial charge in [-0.25, -0.2) is 0 Å². The van der Waals surface area contributed by atoms with Gasteiger partial charge in [0.25, 0.3) is 5.69 Å². The number of carbonyl (C=O) groups is 1. The Morgan fingerprint density at radius 1 is 1.61 bits per heavy atom. The number of hydrogen-bond acceptors (Lipinski definition) is 5. The van der Waals surface area contributed by atoms with Crippen LogP contribution < -0.4 is 4.73 Å². The molecule has 6 nitrogen and oxygen atoms in total. The number of allylic oxidation sites excluding steroid dienone is 1. The Kier molecular flexibility index (Phi) is 5.31. The second-order valence-corrected chi connectivity index (χ2v) is 4.71. The van der Waals surface area contributed by atoms with Crippen LogP contribution in [0, 0.1) is 15.3 Å². The topological polar surface area (TPSA) is 87.2 Å². The van der Waals surface area contributed by atoms with Crippen molar-refractivity contribution >= 4 is 28.6 Å². The summed E-state index contributed by atoms with van der Waals surface area (Å²) in [5, 5.41) is 21.8. The van der Waals surface area contributed by atoms with E-state index in [1.165, 1.54) is 24.8 Å². The van der Waals surface area contributed by atoms with Gasteiger partial charge in [0, 0.05) is 12.7 Å². The molecule has 0 bridgehead atoms. The Balaban J connectivity index is 2.70. The maximum absolute atomic E-state index is 11.1. The Morgan fingerprint density at radius 2 is 2.33 bits per heavy atom. The van der Waals surface area contributed by atoms with Gasteiger partial charge in [0.15, 0.2) is 17.5 Å². The molecule has 0 aliphatic rings. The van der Waals surface area contributed by atoms with Gasteiger partial charge in [-0.05, 0) is 12.5 Å². The van der Waals surface area contributed by atoms with Crippen molar-refractivity contribution in [3.63, 3.8) is 0 Å². The molecule has 0 aromatic carbocycles. The van der Waals surface area contributed by atoms with E-state index in [0.29, 0.717) is 16.9 Å². The number of hydrogen-bond donors (Lipinski definition) is 0. The molecule has 1 rings (SSSR count). The number of nitro groups is 1. The highest BCUT2D eigenvalue weighted by Crippen LogP contribution is 2.17. The summed E-state index contributed by atoms with van der Waals surface area (Å²) in [5.74, 6) is 0.615. The number of pyridine rings is 1. The molecule has 0 amide bonds. The average Bonchev–Trinajstić information content (AvgIpc) is 2.27. The van der Waals surface area contributed by atoms with Crippen LogP contribution in [-0.2, 0) is 4.79 Å². The lowest BCUT2D eigenvalue weighted by molar-refractivity contribution is -0.606. The van der Waals surface area contributed by atoms with Crippen molar-refractivity contribution in [2.75, 3.05) is 5.75 Å². The molecule has 0 atom stereocenters. The van der Waals surface area contributed by atoms with Gasteiger partial charge in [-0.1, -0.05) is 17.8 Å². The molecular weight excluding hydrogens is 256 g/mol. The van der Waals surface area contributed by atoms with Crippen molar-refractivity contribution in [2.24, 2.45) is 0 Å². The Bertz CT molecular complexity index is 488. The summed E-state index contributed by atoms with van der Waals surface area (Å²) in [6, 6.07) is 1.16. The highest BCUT2D eigenvalue weighted by Gasteiger charge is 2.14. The molecule has 0 aliphatic heterocycles. The fraction of sp³-hybridized carbons (Fsp3) is 0.273. The zero-order valence-corrected chi connectivity index (χ0v) is 10.6. The Labute approximate surface area is 108 Å². The van der Waals surface area contributed by atoms with Crippen LogP contribution in [0.15, 0.2) is 24.5 Å². The molecule has 1 aromatic heterocycles. The lowest BCUT2D eigenvalue weighted by Crippen LogP contribution is -2.24. The molecule has 7 heteroatoms. The number of carbonyl (C=O) groups excluding carboxylic acids is 1. The third kappa shape index (κ3) is 4.54. The maximum atomic E-state index is 11.1. The molecule has 0 spiro atoms.